The molecular formula is C14H17F2N3O2. The molecule has 114 valence electrons. The zero-order valence-electron chi connectivity index (χ0n) is 12.1. The second-order valence-electron chi connectivity index (χ2n) is 4.70. The van der Waals surface area contributed by atoms with Gasteiger partial charge in [-0.3, -0.25) is 0 Å². The van der Waals surface area contributed by atoms with Crippen molar-refractivity contribution in [2.24, 2.45) is 0 Å². The quantitative estimate of drug-likeness (QED) is 0.888. The van der Waals surface area contributed by atoms with Crippen LogP contribution in [-0.4, -0.2) is 17.3 Å². The molecule has 5 nitrogen and oxygen atoms in total. The SMILES string of the molecule is CO[C@@H](C)c1noc(CN[C@H](C)c2ccc(F)c(F)c2)n1. The number of hydrogen-bond donors (Lipinski definition) is 1. The number of rotatable bonds is 6. The molecule has 7 heteroatoms. The Labute approximate surface area is 121 Å². The molecule has 0 saturated heterocycles. The standard InChI is InChI=1S/C14H17F2N3O2/c1-8(10-4-5-11(15)12(16)6-10)17-7-13-18-14(19-21-13)9(2)20-3/h4-6,8-9,17H,7H2,1-3H3/t8-,9+/m1/s1. The van der Waals surface area contributed by atoms with Gasteiger partial charge >= 0.3 is 0 Å². The lowest BCUT2D eigenvalue weighted by molar-refractivity contribution is 0.109. The fraction of sp³-hybridized carbons (Fsp3) is 0.429. The first kappa shape index (κ1) is 15.5. The van der Waals surface area contributed by atoms with Crippen LogP contribution in [0.4, 0.5) is 8.78 Å². The van der Waals surface area contributed by atoms with Crippen LogP contribution in [0.2, 0.25) is 0 Å². The Hall–Kier alpha value is -1.86. The minimum Gasteiger partial charge on any atom is -0.374 e. The van der Waals surface area contributed by atoms with E-state index >= 15 is 0 Å². The molecule has 0 amide bonds. The van der Waals surface area contributed by atoms with Crippen molar-refractivity contribution in [3.63, 3.8) is 0 Å². The minimum absolute atomic E-state index is 0.185. The van der Waals surface area contributed by atoms with Gasteiger partial charge in [-0.25, -0.2) is 8.78 Å². The van der Waals surface area contributed by atoms with E-state index < -0.39 is 11.6 Å². The third kappa shape index (κ3) is 3.83. The summed E-state index contributed by atoms with van der Waals surface area (Å²) in [4.78, 5) is 4.18. The van der Waals surface area contributed by atoms with Crippen molar-refractivity contribution in [1.29, 1.82) is 0 Å². The van der Waals surface area contributed by atoms with Gasteiger partial charge < -0.3 is 14.6 Å². The van der Waals surface area contributed by atoms with Crippen molar-refractivity contribution in [2.75, 3.05) is 7.11 Å². The van der Waals surface area contributed by atoms with Gasteiger partial charge in [0, 0.05) is 13.2 Å². The molecule has 0 aliphatic carbocycles. The first-order valence-corrected chi connectivity index (χ1v) is 6.55. The maximum Gasteiger partial charge on any atom is 0.240 e. The van der Waals surface area contributed by atoms with Crippen LogP contribution in [-0.2, 0) is 11.3 Å². The monoisotopic (exact) mass is 297 g/mol. The summed E-state index contributed by atoms with van der Waals surface area (Å²) in [5.74, 6) is -0.852. The predicted molar refractivity (Wildman–Crippen MR) is 71.3 cm³/mol. The highest BCUT2D eigenvalue weighted by atomic mass is 19.2. The second kappa shape index (κ2) is 6.73. The third-order valence-electron chi connectivity index (χ3n) is 3.20. The van der Waals surface area contributed by atoms with E-state index in [1.807, 2.05) is 13.8 Å². The number of nitrogens with zero attached hydrogens (tertiary/aromatic N) is 2. The van der Waals surface area contributed by atoms with Gasteiger partial charge in [0.2, 0.25) is 5.89 Å². The fourth-order valence-electron chi connectivity index (χ4n) is 1.75. The third-order valence-corrected chi connectivity index (χ3v) is 3.20. The van der Waals surface area contributed by atoms with Crippen LogP contribution in [0.15, 0.2) is 22.7 Å². The Morgan fingerprint density at radius 3 is 2.71 bits per heavy atom. The van der Waals surface area contributed by atoms with Gasteiger partial charge in [0.15, 0.2) is 17.5 Å². The van der Waals surface area contributed by atoms with Crippen LogP contribution >= 0.6 is 0 Å². The van der Waals surface area contributed by atoms with Gasteiger partial charge in [0.1, 0.15) is 6.10 Å². The van der Waals surface area contributed by atoms with E-state index in [4.69, 9.17) is 9.26 Å². The normalized spacial score (nSPS) is 14.1. The summed E-state index contributed by atoms with van der Waals surface area (Å²) in [6, 6.07) is 3.62. The van der Waals surface area contributed by atoms with Crippen molar-refractivity contribution >= 4 is 0 Å². The van der Waals surface area contributed by atoms with E-state index in [1.165, 1.54) is 12.1 Å². The van der Waals surface area contributed by atoms with Crippen LogP contribution in [0, 0.1) is 11.6 Å². The maximum atomic E-state index is 13.2. The van der Waals surface area contributed by atoms with Gasteiger partial charge in [-0.15, -0.1) is 0 Å². The van der Waals surface area contributed by atoms with Crippen LogP contribution < -0.4 is 5.32 Å². The van der Waals surface area contributed by atoms with Gasteiger partial charge in [0.25, 0.3) is 0 Å². The highest BCUT2D eigenvalue weighted by Crippen LogP contribution is 2.17. The summed E-state index contributed by atoms with van der Waals surface area (Å²) in [6.07, 6.45) is -0.244. The molecule has 0 saturated carbocycles. The molecule has 21 heavy (non-hydrogen) atoms. The van der Waals surface area contributed by atoms with E-state index in [0.717, 1.165) is 6.07 Å². The Morgan fingerprint density at radius 2 is 2.05 bits per heavy atom. The molecule has 0 fully saturated rings. The minimum atomic E-state index is -0.866. The van der Waals surface area contributed by atoms with Crippen LogP contribution in [0.25, 0.3) is 0 Å². The van der Waals surface area contributed by atoms with Gasteiger partial charge in [-0.05, 0) is 31.5 Å². The molecule has 1 aromatic carbocycles. The van der Waals surface area contributed by atoms with Crippen molar-refractivity contribution in [3.05, 3.63) is 47.1 Å². The van der Waals surface area contributed by atoms with E-state index in [-0.39, 0.29) is 12.1 Å². The van der Waals surface area contributed by atoms with Crippen molar-refractivity contribution in [2.45, 2.75) is 32.5 Å². The molecule has 0 unspecified atom stereocenters. The van der Waals surface area contributed by atoms with Gasteiger partial charge in [-0.2, -0.15) is 4.98 Å². The molecule has 1 heterocycles. The smallest absolute Gasteiger partial charge is 0.240 e. The zero-order chi connectivity index (χ0) is 15.4. The van der Waals surface area contributed by atoms with Gasteiger partial charge in [0.05, 0.1) is 6.54 Å². The largest absolute Gasteiger partial charge is 0.374 e. The lowest BCUT2D eigenvalue weighted by Crippen LogP contribution is -2.18. The molecule has 1 aromatic heterocycles. The van der Waals surface area contributed by atoms with Crippen LogP contribution in [0.3, 0.4) is 0 Å². The summed E-state index contributed by atoms with van der Waals surface area (Å²) in [7, 11) is 1.56. The number of nitrogens with one attached hydrogen (secondary N) is 1. The first-order chi connectivity index (χ1) is 10.0. The molecule has 0 aliphatic heterocycles. The lowest BCUT2D eigenvalue weighted by Gasteiger charge is -2.12. The zero-order valence-corrected chi connectivity index (χ0v) is 12.1. The van der Waals surface area contributed by atoms with E-state index in [1.54, 1.807) is 7.11 Å². The predicted octanol–water partition coefficient (Wildman–Crippen LogP) is 2.91. The molecule has 0 radical (unpaired) electrons. The number of ether oxygens (including phenoxy) is 1. The molecule has 1 N–H and O–H groups in total. The molecular weight excluding hydrogens is 280 g/mol. The summed E-state index contributed by atoms with van der Waals surface area (Å²) >= 11 is 0. The Morgan fingerprint density at radius 1 is 1.29 bits per heavy atom. The molecule has 2 aromatic rings. The van der Waals surface area contributed by atoms with Crippen molar-refractivity contribution in [1.82, 2.24) is 15.5 Å². The molecule has 0 bridgehead atoms. The summed E-state index contributed by atoms with van der Waals surface area (Å²) in [5.41, 5.74) is 0.638. The Bertz CT molecular complexity index is 604. The average molecular weight is 297 g/mol. The topological polar surface area (TPSA) is 60.2 Å². The van der Waals surface area contributed by atoms with E-state index in [0.29, 0.717) is 23.8 Å². The van der Waals surface area contributed by atoms with Gasteiger partial charge in [-0.1, -0.05) is 11.2 Å². The Kier molecular flexibility index (Phi) is 4.98. The second-order valence-corrected chi connectivity index (χ2v) is 4.70. The molecule has 2 rings (SSSR count). The molecule has 0 spiro atoms. The molecule has 2 atom stereocenters. The average Bonchev–Trinajstić information content (AvgIpc) is 2.95. The maximum absolute atomic E-state index is 13.2. The summed E-state index contributed by atoms with van der Waals surface area (Å²) in [5, 5.41) is 6.91. The lowest BCUT2D eigenvalue weighted by atomic mass is 10.1. The number of methoxy groups -OCH3 is 1. The summed E-state index contributed by atoms with van der Waals surface area (Å²) in [6.45, 7) is 3.97. The molecule has 0 aliphatic rings. The highest BCUT2D eigenvalue weighted by molar-refractivity contribution is 5.20. The fourth-order valence-corrected chi connectivity index (χ4v) is 1.75. The summed E-state index contributed by atoms with van der Waals surface area (Å²) < 4.78 is 36.2. The number of halogens is 2. The van der Waals surface area contributed by atoms with Crippen LogP contribution in [0.1, 0.15) is 43.3 Å². The Balaban J connectivity index is 1.95. The number of benzene rings is 1. The number of hydrogen-bond acceptors (Lipinski definition) is 5. The first-order valence-electron chi connectivity index (χ1n) is 6.55. The number of aromatic nitrogens is 2. The van der Waals surface area contributed by atoms with E-state index in [2.05, 4.69) is 15.5 Å². The highest BCUT2D eigenvalue weighted by Gasteiger charge is 2.14. The van der Waals surface area contributed by atoms with Crippen molar-refractivity contribution < 1.29 is 18.0 Å². The van der Waals surface area contributed by atoms with E-state index in [9.17, 15) is 8.78 Å². The van der Waals surface area contributed by atoms with Crippen LogP contribution in [0.5, 0.6) is 0 Å². The van der Waals surface area contributed by atoms with Crippen molar-refractivity contribution in [3.8, 4) is 0 Å².